The van der Waals surface area contributed by atoms with Gasteiger partial charge in [0.25, 0.3) is 0 Å². The van der Waals surface area contributed by atoms with Gasteiger partial charge >= 0.3 is 0 Å². The molecule has 17 heavy (non-hydrogen) atoms. The second-order valence-corrected chi connectivity index (χ2v) is 5.95. The minimum atomic E-state index is 0.806. The van der Waals surface area contributed by atoms with E-state index < -0.39 is 0 Å². The highest BCUT2D eigenvalue weighted by Crippen LogP contribution is 2.27. The molecule has 0 radical (unpaired) electrons. The van der Waals surface area contributed by atoms with Gasteiger partial charge in [-0.15, -0.1) is 0 Å². The number of nitrogens with zero attached hydrogens (tertiary/aromatic N) is 2. The molecule has 100 valence electrons. The normalized spacial score (nSPS) is 33.5. The molecule has 2 fully saturated rings. The summed E-state index contributed by atoms with van der Waals surface area (Å²) in [6.07, 6.45) is 7.07. The summed E-state index contributed by atoms with van der Waals surface area (Å²) in [7, 11) is 0. The van der Waals surface area contributed by atoms with Crippen molar-refractivity contribution >= 4 is 0 Å². The molecule has 2 unspecified atom stereocenters. The van der Waals surface area contributed by atoms with E-state index >= 15 is 0 Å². The molecule has 3 nitrogen and oxygen atoms in total. The van der Waals surface area contributed by atoms with Crippen molar-refractivity contribution in [2.24, 2.45) is 11.7 Å². The predicted molar refractivity (Wildman–Crippen MR) is 73.1 cm³/mol. The lowest BCUT2D eigenvalue weighted by molar-refractivity contribution is 0.138. The van der Waals surface area contributed by atoms with Crippen molar-refractivity contribution in [1.82, 2.24) is 9.80 Å². The van der Waals surface area contributed by atoms with Crippen LogP contribution in [0, 0.1) is 5.92 Å². The minimum absolute atomic E-state index is 0.806. The fraction of sp³-hybridized carbons (Fsp3) is 1.00. The molecular weight excluding hydrogens is 210 g/mol. The van der Waals surface area contributed by atoms with Crippen LogP contribution in [0.3, 0.4) is 0 Å². The largest absolute Gasteiger partial charge is 0.329 e. The lowest BCUT2D eigenvalue weighted by Gasteiger charge is -2.36. The summed E-state index contributed by atoms with van der Waals surface area (Å²) in [6.45, 7) is 9.34. The Kier molecular flexibility index (Phi) is 5.26. The van der Waals surface area contributed by atoms with Gasteiger partial charge in [-0.3, -0.25) is 4.90 Å². The van der Waals surface area contributed by atoms with Crippen LogP contribution in [0.25, 0.3) is 0 Å². The van der Waals surface area contributed by atoms with Crippen molar-refractivity contribution in [2.45, 2.75) is 45.1 Å². The zero-order valence-corrected chi connectivity index (χ0v) is 11.4. The van der Waals surface area contributed by atoms with Gasteiger partial charge in [-0.25, -0.2) is 0 Å². The first-order chi connectivity index (χ1) is 8.29. The van der Waals surface area contributed by atoms with Gasteiger partial charge in [0.15, 0.2) is 0 Å². The molecule has 3 heteroatoms. The van der Waals surface area contributed by atoms with Gasteiger partial charge in [0.05, 0.1) is 0 Å². The molecule has 2 rings (SSSR count). The summed E-state index contributed by atoms with van der Waals surface area (Å²) in [5, 5.41) is 0. The highest BCUT2D eigenvalue weighted by atomic mass is 15.2. The van der Waals surface area contributed by atoms with Crippen LogP contribution in [-0.2, 0) is 0 Å². The van der Waals surface area contributed by atoms with Gasteiger partial charge in [0, 0.05) is 32.2 Å². The Labute approximate surface area is 106 Å². The Bertz CT molecular complexity index is 220. The monoisotopic (exact) mass is 239 g/mol. The maximum atomic E-state index is 5.65. The average molecular weight is 239 g/mol. The number of rotatable bonds is 3. The summed E-state index contributed by atoms with van der Waals surface area (Å²) < 4.78 is 0. The van der Waals surface area contributed by atoms with E-state index in [0.717, 1.165) is 25.0 Å². The molecule has 1 aliphatic heterocycles. The van der Waals surface area contributed by atoms with Gasteiger partial charge in [0.2, 0.25) is 0 Å². The highest BCUT2D eigenvalue weighted by Gasteiger charge is 2.25. The highest BCUT2D eigenvalue weighted by molar-refractivity contribution is 4.81. The molecule has 1 heterocycles. The van der Waals surface area contributed by atoms with Crippen LogP contribution >= 0.6 is 0 Å². The molecule has 1 aliphatic carbocycles. The summed E-state index contributed by atoms with van der Waals surface area (Å²) >= 11 is 0. The lowest BCUT2D eigenvalue weighted by Crippen LogP contribution is -2.41. The van der Waals surface area contributed by atoms with E-state index in [0.29, 0.717) is 0 Å². The average Bonchev–Trinajstić information content (AvgIpc) is 2.55. The topological polar surface area (TPSA) is 32.5 Å². The Balaban J connectivity index is 1.81. The van der Waals surface area contributed by atoms with Crippen LogP contribution in [-0.4, -0.2) is 55.1 Å². The molecule has 2 N–H and O–H groups in total. The Hall–Kier alpha value is -0.120. The van der Waals surface area contributed by atoms with E-state index in [2.05, 4.69) is 16.7 Å². The van der Waals surface area contributed by atoms with Gasteiger partial charge in [-0.05, 0) is 38.3 Å². The maximum absolute atomic E-state index is 5.65. The Morgan fingerprint density at radius 3 is 2.71 bits per heavy atom. The second-order valence-electron chi connectivity index (χ2n) is 5.95. The van der Waals surface area contributed by atoms with Gasteiger partial charge in [-0.1, -0.05) is 19.8 Å². The molecule has 1 saturated carbocycles. The first kappa shape index (κ1) is 13.3. The van der Waals surface area contributed by atoms with E-state index in [9.17, 15) is 0 Å². The molecule has 1 saturated heterocycles. The van der Waals surface area contributed by atoms with Crippen LogP contribution in [0.2, 0.25) is 0 Å². The molecule has 0 aromatic heterocycles. The first-order valence-electron chi connectivity index (χ1n) is 7.46. The summed E-state index contributed by atoms with van der Waals surface area (Å²) in [5.74, 6) is 0.942. The fourth-order valence-corrected chi connectivity index (χ4v) is 3.50. The zero-order chi connectivity index (χ0) is 12.1. The van der Waals surface area contributed by atoms with Crippen LogP contribution in [0.15, 0.2) is 0 Å². The summed E-state index contributed by atoms with van der Waals surface area (Å²) in [5.41, 5.74) is 5.65. The SMILES string of the molecule is CC1CCCC(N2CCCN(CCN)CC2)C1. The summed E-state index contributed by atoms with van der Waals surface area (Å²) in [4.78, 5) is 5.29. The third kappa shape index (κ3) is 3.94. The van der Waals surface area contributed by atoms with Crippen molar-refractivity contribution < 1.29 is 0 Å². The van der Waals surface area contributed by atoms with Crippen LogP contribution in [0.4, 0.5) is 0 Å². The van der Waals surface area contributed by atoms with Crippen molar-refractivity contribution in [1.29, 1.82) is 0 Å². The number of hydrogen-bond acceptors (Lipinski definition) is 3. The van der Waals surface area contributed by atoms with Crippen molar-refractivity contribution in [3.8, 4) is 0 Å². The molecule has 2 aliphatic rings. The van der Waals surface area contributed by atoms with E-state index in [1.807, 2.05) is 0 Å². The van der Waals surface area contributed by atoms with Gasteiger partial charge < -0.3 is 10.6 Å². The van der Waals surface area contributed by atoms with E-state index in [1.54, 1.807) is 0 Å². The molecule has 0 aromatic rings. The standard InChI is InChI=1S/C14H29N3/c1-13-4-2-5-14(12-13)17-8-3-7-16(9-6-15)10-11-17/h13-14H,2-12,15H2,1H3. The van der Waals surface area contributed by atoms with Crippen molar-refractivity contribution in [2.75, 3.05) is 39.3 Å². The zero-order valence-electron chi connectivity index (χ0n) is 11.4. The molecule has 0 amide bonds. The van der Waals surface area contributed by atoms with E-state index in [1.165, 1.54) is 58.3 Å². The first-order valence-corrected chi connectivity index (χ1v) is 7.46. The fourth-order valence-electron chi connectivity index (χ4n) is 3.50. The second kappa shape index (κ2) is 6.72. The third-order valence-electron chi connectivity index (χ3n) is 4.49. The smallest absolute Gasteiger partial charge is 0.0112 e. The van der Waals surface area contributed by atoms with Gasteiger partial charge in [0.1, 0.15) is 0 Å². The van der Waals surface area contributed by atoms with Crippen LogP contribution in [0.5, 0.6) is 0 Å². The summed E-state index contributed by atoms with van der Waals surface area (Å²) in [6, 6.07) is 0.872. The van der Waals surface area contributed by atoms with Gasteiger partial charge in [-0.2, -0.15) is 0 Å². The molecule has 0 aromatic carbocycles. The quantitative estimate of drug-likeness (QED) is 0.811. The molecule has 2 atom stereocenters. The predicted octanol–water partition coefficient (Wildman–Crippen LogP) is 1.53. The van der Waals surface area contributed by atoms with E-state index in [4.69, 9.17) is 5.73 Å². The van der Waals surface area contributed by atoms with Crippen molar-refractivity contribution in [3.05, 3.63) is 0 Å². The number of nitrogens with two attached hydrogens (primary N) is 1. The lowest BCUT2D eigenvalue weighted by atomic mass is 9.86. The molecule has 0 bridgehead atoms. The Morgan fingerprint density at radius 1 is 1.06 bits per heavy atom. The minimum Gasteiger partial charge on any atom is -0.329 e. The molecule has 0 spiro atoms. The van der Waals surface area contributed by atoms with Crippen LogP contribution in [0.1, 0.15) is 39.0 Å². The van der Waals surface area contributed by atoms with Crippen LogP contribution < -0.4 is 5.73 Å². The van der Waals surface area contributed by atoms with Crippen molar-refractivity contribution in [3.63, 3.8) is 0 Å². The maximum Gasteiger partial charge on any atom is 0.0112 e. The number of hydrogen-bond donors (Lipinski definition) is 1. The third-order valence-corrected chi connectivity index (χ3v) is 4.49. The molecular formula is C14H29N3. The Morgan fingerprint density at radius 2 is 1.94 bits per heavy atom. The van der Waals surface area contributed by atoms with E-state index in [-0.39, 0.29) is 0 Å².